The van der Waals surface area contributed by atoms with E-state index in [2.05, 4.69) is 17.1 Å². The minimum atomic E-state index is -0.674. The number of allylic oxidation sites excluding steroid dienone is 1. The maximum atomic E-state index is 14.4. The van der Waals surface area contributed by atoms with Crippen LogP contribution >= 0.6 is 0 Å². The number of aromatic amines is 1. The summed E-state index contributed by atoms with van der Waals surface area (Å²) in [6.07, 6.45) is 6.14. The van der Waals surface area contributed by atoms with E-state index in [0.717, 1.165) is 57.4 Å². The SMILES string of the molecule is COc1ccccc1C(=O)OCCc1c(C(c2ccc(OC)c3c2CCC=C3)c2c(O)c3ccccc3n(C)c2=O)[nH]c2ccccc12. The molecule has 0 amide bonds. The van der Waals surface area contributed by atoms with E-state index in [0.29, 0.717) is 28.6 Å². The van der Waals surface area contributed by atoms with E-state index in [4.69, 9.17) is 14.2 Å². The zero-order valence-corrected chi connectivity index (χ0v) is 27.1. The van der Waals surface area contributed by atoms with Gasteiger partial charge in [0.2, 0.25) is 0 Å². The summed E-state index contributed by atoms with van der Waals surface area (Å²) in [5.41, 5.74) is 6.43. The summed E-state index contributed by atoms with van der Waals surface area (Å²) < 4.78 is 18.5. The van der Waals surface area contributed by atoms with Crippen molar-refractivity contribution in [2.24, 2.45) is 7.05 Å². The second-order valence-electron chi connectivity index (χ2n) is 11.9. The van der Waals surface area contributed by atoms with Crippen LogP contribution in [0.1, 0.15) is 56.2 Å². The lowest BCUT2D eigenvalue weighted by atomic mass is 9.79. The van der Waals surface area contributed by atoms with Gasteiger partial charge in [0.05, 0.1) is 37.8 Å². The quantitative estimate of drug-likeness (QED) is 0.161. The zero-order chi connectivity index (χ0) is 33.4. The molecule has 8 heteroatoms. The van der Waals surface area contributed by atoms with Gasteiger partial charge in [-0.1, -0.05) is 60.7 Å². The number of aromatic hydroxyl groups is 1. The molecule has 8 nitrogen and oxygen atoms in total. The van der Waals surface area contributed by atoms with Gasteiger partial charge >= 0.3 is 5.97 Å². The number of methoxy groups -OCH3 is 2. The van der Waals surface area contributed by atoms with Crippen LogP contribution in [-0.2, 0) is 24.6 Å². The molecule has 1 unspecified atom stereocenters. The van der Waals surface area contributed by atoms with Gasteiger partial charge in [-0.15, -0.1) is 0 Å². The summed E-state index contributed by atoms with van der Waals surface area (Å²) in [5.74, 6) is -0.0217. The van der Waals surface area contributed by atoms with E-state index in [-0.39, 0.29) is 23.5 Å². The second kappa shape index (κ2) is 12.8. The van der Waals surface area contributed by atoms with E-state index in [1.165, 1.54) is 7.11 Å². The highest BCUT2D eigenvalue weighted by Gasteiger charge is 2.33. The van der Waals surface area contributed by atoms with Crippen LogP contribution in [0.2, 0.25) is 0 Å². The first kappa shape index (κ1) is 30.9. The number of aromatic nitrogens is 2. The number of fused-ring (bicyclic) bond motifs is 3. The first-order chi connectivity index (χ1) is 23.4. The van der Waals surface area contributed by atoms with Gasteiger partial charge in [0.25, 0.3) is 5.56 Å². The van der Waals surface area contributed by atoms with Gasteiger partial charge in [0, 0.05) is 41.0 Å². The van der Waals surface area contributed by atoms with Crippen molar-refractivity contribution >= 4 is 33.9 Å². The number of H-pyrrole nitrogens is 1. The summed E-state index contributed by atoms with van der Waals surface area (Å²) in [5, 5.41) is 13.5. The molecule has 0 saturated carbocycles. The van der Waals surface area contributed by atoms with Gasteiger partial charge in [-0.3, -0.25) is 4.79 Å². The molecule has 0 fully saturated rings. The summed E-state index contributed by atoms with van der Waals surface area (Å²) in [4.78, 5) is 31.2. The standard InChI is InChI=1S/C40H36N2O6/c1-42-32-18-10-7-15-29(32)38(43)36(39(42)44)35(27-20-21-34(47-3)26-14-5-4-12-24(26)27)37-28(25-13-6-9-17-31(25)41-37)22-23-48-40(45)30-16-8-11-19-33(30)46-2/h5-11,13-21,35,41,43H,4,12,22-23H2,1-3H3. The molecule has 48 heavy (non-hydrogen) atoms. The van der Waals surface area contributed by atoms with E-state index in [1.54, 1.807) is 43.0 Å². The molecule has 0 bridgehead atoms. The molecule has 242 valence electrons. The van der Waals surface area contributed by atoms with Crippen molar-refractivity contribution in [1.82, 2.24) is 9.55 Å². The topological polar surface area (TPSA) is 103 Å². The third kappa shape index (κ3) is 5.19. The summed E-state index contributed by atoms with van der Waals surface area (Å²) in [6, 6.07) is 26.2. The Morgan fingerprint density at radius 2 is 1.65 bits per heavy atom. The molecule has 2 heterocycles. The summed E-state index contributed by atoms with van der Waals surface area (Å²) >= 11 is 0. The number of carbonyl (C=O) groups is 1. The van der Waals surface area contributed by atoms with Crippen LogP contribution in [0.4, 0.5) is 0 Å². The van der Waals surface area contributed by atoms with Crippen molar-refractivity contribution in [3.05, 3.63) is 140 Å². The Labute approximate surface area is 277 Å². The lowest BCUT2D eigenvalue weighted by molar-refractivity contribution is 0.0505. The summed E-state index contributed by atoms with van der Waals surface area (Å²) in [7, 11) is 4.91. The van der Waals surface area contributed by atoms with E-state index in [1.807, 2.05) is 60.7 Å². The number of carbonyl (C=O) groups excluding carboxylic acids is 1. The normalized spacial score (nSPS) is 13.0. The van der Waals surface area contributed by atoms with Gasteiger partial charge in [-0.2, -0.15) is 0 Å². The Hall–Kier alpha value is -5.76. The van der Waals surface area contributed by atoms with Gasteiger partial charge in [-0.25, -0.2) is 4.79 Å². The Morgan fingerprint density at radius 1 is 0.917 bits per heavy atom. The van der Waals surface area contributed by atoms with E-state index < -0.39 is 11.9 Å². The van der Waals surface area contributed by atoms with Crippen LogP contribution in [0.25, 0.3) is 27.9 Å². The van der Waals surface area contributed by atoms with E-state index in [9.17, 15) is 14.7 Å². The number of pyridine rings is 1. The Balaban J connectivity index is 1.43. The number of nitrogens with one attached hydrogen (secondary N) is 1. The molecule has 0 aliphatic heterocycles. The number of para-hydroxylation sites is 3. The number of benzene rings is 4. The minimum Gasteiger partial charge on any atom is -0.507 e. The number of ether oxygens (including phenoxy) is 3. The average Bonchev–Trinajstić information content (AvgIpc) is 3.49. The van der Waals surface area contributed by atoms with Crippen molar-refractivity contribution < 1.29 is 24.1 Å². The molecule has 2 aromatic heterocycles. The van der Waals surface area contributed by atoms with Gasteiger partial charge in [0.15, 0.2) is 0 Å². The highest BCUT2D eigenvalue weighted by Crippen LogP contribution is 2.45. The Bertz CT molecular complexity index is 2280. The van der Waals surface area contributed by atoms with Gasteiger partial charge < -0.3 is 28.9 Å². The maximum absolute atomic E-state index is 14.4. The third-order valence-corrected chi connectivity index (χ3v) is 9.38. The van der Waals surface area contributed by atoms with Crippen molar-refractivity contribution in [2.75, 3.05) is 20.8 Å². The van der Waals surface area contributed by atoms with Crippen molar-refractivity contribution in [2.45, 2.75) is 25.2 Å². The molecule has 7 rings (SSSR count). The molecule has 2 N–H and O–H groups in total. The van der Waals surface area contributed by atoms with Crippen molar-refractivity contribution in [3.63, 3.8) is 0 Å². The molecular weight excluding hydrogens is 604 g/mol. The minimum absolute atomic E-state index is 0.0539. The molecule has 4 aromatic carbocycles. The van der Waals surface area contributed by atoms with Crippen LogP contribution in [-0.4, -0.2) is 41.5 Å². The predicted molar refractivity (Wildman–Crippen MR) is 187 cm³/mol. The van der Waals surface area contributed by atoms with Crippen LogP contribution in [0.3, 0.4) is 0 Å². The lowest BCUT2D eigenvalue weighted by Crippen LogP contribution is -2.26. The molecule has 0 spiro atoms. The zero-order valence-electron chi connectivity index (χ0n) is 27.1. The lowest BCUT2D eigenvalue weighted by Gasteiger charge is -2.26. The van der Waals surface area contributed by atoms with Crippen LogP contribution in [0.5, 0.6) is 17.2 Å². The first-order valence-electron chi connectivity index (χ1n) is 16.0. The first-order valence-corrected chi connectivity index (χ1v) is 16.0. The van der Waals surface area contributed by atoms with E-state index >= 15 is 0 Å². The molecule has 0 radical (unpaired) electrons. The molecule has 1 atom stereocenters. The van der Waals surface area contributed by atoms with Crippen LogP contribution in [0.15, 0.2) is 95.8 Å². The second-order valence-corrected chi connectivity index (χ2v) is 11.9. The number of hydrogen-bond acceptors (Lipinski definition) is 6. The van der Waals surface area contributed by atoms with Crippen molar-refractivity contribution in [3.8, 4) is 17.2 Å². The Kier molecular flexibility index (Phi) is 8.23. The molecule has 6 aromatic rings. The van der Waals surface area contributed by atoms with Gasteiger partial charge in [-0.05, 0) is 65.9 Å². The molecular formula is C40H36N2O6. The number of esters is 1. The summed E-state index contributed by atoms with van der Waals surface area (Å²) in [6.45, 7) is 0.0869. The average molecular weight is 641 g/mol. The largest absolute Gasteiger partial charge is 0.507 e. The number of nitrogens with zero attached hydrogens (tertiary/aromatic N) is 1. The highest BCUT2D eigenvalue weighted by atomic mass is 16.5. The predicted octanol–water partition coefficient (Wildman–Crippen LogP) is 7.28. The molecule has 0 saturated heterocycles. The smallest absolute Gasteiger partial charge is 0.341 e. The monoisotopic (exact) mass is 640 g/mol. The van der Waals surface area contributed by atoms with Crippen molar-refractivity contribution in [1.29, 1.82) is 0 Å². The van der Waals surface area contributed by atoms with Gasteiger partial charge in [0.1, 0.15) is 22.8 Å². The molecule has 1 aliphatic carbocycles. The Morgan fingerprint density at radius 3 is 2.46 bits per heavy atom. The maximum Gasteiger partial charge on any atom is 0.341 e. The fourth-order valence-electron chi connectivity index (χ4n) is 7.09. The number of aryl methyl sites for hydroxylation is 1. The number of hydrogen-bond donors (Lipinski definition) is 2. The fourth-order valence-corrected chi connectivity index (χ4v) is 7.09. The van der Waals surface area contributed by atoms with Crippen LogP contribution < -0.4 is 15.0 Å². The van der Waals surface area contributed by atoms with Crippen LogP contribution in [0, 0.1) is 0 Å². The fraction of sp³-hybridized carbons (Fsp3) is 0.200. The molecule has 1 aliphatic rings. The highest BCUT2D eigenvalue weighted by molar-refractivity contribution is 5.93. The third-order valence-electron chi connectivity index (χ3n) is 9.38. The number of rotatable bonds is 9.